The molecule has 0 atom stereocenters. The highest BCUT2D eigenvalue weighted by molar-refractivity contribution is 5.78. The van der Waals surface area contributed by atoms with Crippen LogP contribution in [0, 0.1) is 20.8 Å². The number of ether oxygens (including phenoxy) is 1. The van der Waals surface area contributed by atoms with E-state index in [9.17, 15) is 4.79 Å². The fraction of sp³-hybridized carbons (Fsp3) is 0.421. The van der Waals surface area contributed by atoms with Gasteiger partial charge in [0.15, 0.2) is 12.4 Å². The number of hydrogen-bond acceptors (Lipinski definition) is 5. The molecule has 3 rings (SSSR count). The van der Waals surface area contributed by atoms with Crippen LogP contribution < -0.4 is 9.64 Å². The van der Waals surface area contributed by atoms with Gasteiger partial charge in [-0.1, -0.05) is 6.07 Å². The molecule has 6 nitrogen and oxygen atoms in total. The third-order valence-corrected chi connectivity index (χ3v) is 4.30. The lowest BCUT2D eigenvalue weighted by Gasteiger charge is -2.35. The quantitative estimate of drug-likeness (QED) is 0.853. The predicted molar refractivity (Wildman–Crippen MR) is 97.0 cm³/mol. The number of amides is 1. The summed E-state index contributed by atoms with van der Waals surface area (Å²) in [5.41, 5.74) is 3.17. The van der Waals surface area contributed by atoms with Gasteiger partial charge in [0.2, 0.25) is 0 Å². The first-order chi connectivity index (χ1) is 12.0. The summed E-state index contributed by atoms with van der Waals surface area (Å²) in [4.78, 5) is 16.4. The van der Waals surface area contributed by atoms with Crippen LogP contribution in [-0.2, 0) is 4.79 Å². The van der Waals surface area contributed by atoms with Gasteiger partial charge in [0.1, 0.15) is 5.75 Å². The number of hydrogen-bond donors (Lipinski definition) is 0. The average molecular weight is 340 g/mol. The average Bonchev–Trinajstić information content (AvgIpc) is 2.60. The van der Waals surface area contributed by atoms with Crippen LogP contribution in [0.5, 0.6) is 5.75 Å². The number of carbonyl (C=O) groups excluding carboxylic acids is 1. The summed E-state index contributed by atoms with van der Waals surface area (Å²) in [6, 6.07) is 9.92. The van der Waals surface area contributed by atoms with Crippen LogP contribution in [0.3, 0.4) is 0 Å². The van der Waals surface area contributed by atoms with E-state index in [1.807, 2.05) is 49.9 Å². The maximum absolute atomic E-state index is 12.4. The van der Waals surface area contributed by atoms with Crippen LogP contribution >= 0.6 is 0 Å². The van der Waals surface area contributed by atoms with Gasteiger partial charge in [0.05, 0.1) is 5.69 Å². The normalized spacial score (nSPS) is 14.5. The fourth-order valence-corrected chi connectivity index (χ4v) is 3.00. The summed E-state index contributed by atoms with van der Waals surface area (Å²) in [6.07, 6.45) is 0. The van der Waals surface area contributed by atoms with Crippen molar-refractivity contribution in [3.63, 3.8) is 0 Å². The van der Waals surface area contributed by atoms with Gasteiger partial charge >= 0.3 is 0 Å². The van der Waals surface area contributed by atoms with E-state index in [0.29, 0.717) is 13.1 Å². The van der Waals surface area contributed by atoms with Gasteiger partial charge in [-0.2, -0.15) is 5.10 Å². The lowest BCUT2D eigenvalue weighted by molar-refractivity contribution is -0.133. The molecule has 0 bridgehead atoms. The fourth-order valence-electron chi connectivity index (χ4n) is 3.00. The second-order valence-corrected chi connectivity index (χ2v) is 6.51. The Balaban J connectivity index is 1.50. The van der Waals surface area contributed by atoms with Gasteiger partial charge in [0, 0.05) is 26.2 Å². The molecule has 1 aromatic carbocycles. The Morgan fingerprint density at radius 3 is 2.28 bits per heavy atom. The van der Waals surface area contributed by atoms with E-state index in [1.54, 1.807) is 0 Å². The predicted octanol–water partition coefficient (Wildman–Crippen LogP) is 2.13. The molecule has 1 aliphatic heterocycles. The SMILES string of the molecule is Cc1cc(C)cc(OCC(=O)N2CCN(c3ccc(C)nn3)CC2)c1. The largest absolute Gasteiger partial charge is 0.484 e. The van der Waals surface area contributed by atoms with Crippen molar-refractivity contribution in [3.8, 4) is 5.75 Å². The Bertz CT molecular complexity index is 717. The zero-order valence-corrected chi connectivity index (χ0v) is 15.0. The molecule has 2 heterocycles. The Kier molecular flexibility index (Phi) is 5.16. The first-order valence-electron chi connectivity index (χ1n) is 8.55. The molecule has 0 saturated carbocycles. The summed E-state index contributed by atoms with van der Waals surface area (Å²) in [6.45, 7) is 8.90. The van der Waals surface area contributed by atoms with Crippen LogP contribution in [0.1, 0.15) is 16.8 Å². The molecule has 0 radical (unpaired) electrons. The topological polar surface area (TPSA) is 58.6 Å². The van der Waals surface area contributed by atoms with Crippen LogP contribution in [0.2, 0.25) is 0 Å². The van der Waals surface area contributed by atoms with E-state index in [2.05, 4.69) is 21.2 Å². The van der Waals surface area contributed by atoms with Crippen LogP contribution in [-0.4, -0.2) is 53.8 Å². The summed E-state index contributed by atoms with van der Waals surface area (Å²) in [7, 11) is 0. The Hall–Kier alpha value is -2.63. The van der Waals surface area contributed by atoms with E-state index in [4.69, 9.17) is 4.74 Å². The van der Waals surface area contributed by atoms with Crippen molar-refractivity contribution in [1.29, 1.82) is 0 Å². The first-order valence-corrected chi connectivity index (χ1v) is 8.55. The van der Waals surface area contributed by atoms with Crippen LogP contribution in [0.25, 0.3) is 0 Å². The third kappa shape index (κ3) is 4.47. The number of benzene rings is 1. The lowest BCUT2D eigenvalue weighted by atomic mass is 10.1. The molecule has 0 spiro atoms. The van der Waals surface area contributed by atoms with Crippen molar-refractivity contribution in [2.45, 2.75) is 20.8 Å². The van der Waals surface area contributed by atoms with Crippen molar-refractivity contribution >= 4 is 11.7 Å². The smallest absolute Gasteiger partial charge is 0.260 e. The van der Waals surface area contributed by atoms with E-state index in [-0.39, 0.29) is 12.5 Å². The molecular weight excluding hydrogens is 316 g/mol. The van der Waals surface area contributed by atoms with Gasteiger partial charge in [0.25, 0.3) is 5.91 Å². The maximum atomic E-state index is 12.4. The molecule has 1 saturated heterocycles. The van der Waals surface area contributed by atoms with E-state index in [1.165, 1.54) is 0 Å². The Morgan fingerprint density at radius 1 is 1.00 bits per heavy atom. The van der Waals surface area contributed by atoms with Crippen molar-refractivity contribution in [1.82, 2.24) is 15.1 Å². The summed E-state index contributed by atoms with van der Waals surface area (Å²) in [5, 5.41) is 8.31. The minimum Gasteiger partial charge on any atom is -0.484 e. The van der Waals surface area contributed by atoms with Gasteiger partial charge in [-0.15, -0.1) is 5.10 Å². The molecule has 1 amide bonds. The number of rotatable bonds is 4. The Morgan fingerprint density at radius 2 is 1.68 bits per heavy atom. The molecule has 0 N–H and O–H groups in total. The van der Waals surface area contributed by atoms with E-state index in [0.717, 1.165) is 41.5 Å². The molecule has 2 aromatic rings. The number of aryl methyl sites for hydroxylation is 3. The molecule has 132 valence electrons. The van der Waals surface area contributed by atoms with Crippen molar-refractivity contribution in [3.05, 3.63) is 47.2 Å². The first kappa shape index (κ1) is 17.2. The second-order valence-electron chi connectivity index (χ2n) is 6.51. The lowest BCUT2D eigenvalue weighted by Crippen LogP contribution is -2.50. The second kappa shape index (κ2) is 7.51. The molecule has 0 unspecified atom stereocenters. The summed E-state index contributed by atoms with van der Waals surface area (Å²) < 4.78 is 5.68. The van der Waals surface area contributed by atoms with Crippen molar-refractivity contribution in [2.75, 3.05) is 37.7 Å². The van der Waals surface area contributed by atoms with Crippen molar-refractivity contribution < 1.29 is 9.53 Å². The number of nitrogens with zero attached hydrogens (tertiary/aromatic N) is 4. The number of aromatic nitrogens is 2. The standard InChI is InChI=1S/C19H24N4O2/c1-14-10-15(2)12-17(11-14)25-13-19(24)23-8-6-22(7-9-23)18-5-4-16(3)20-21-18/h4-5,10-12H,6-9,13H2,1-3H3. The minimum atomic E-state index is 0.0220. The maximum Gasteiger partial charge on any atom is 0.260 e. The van der Waals surface area contributed by atoms with E-state index < -0.39 is 0 Å². The number of carbonyl (C=O) groups is 1. The van der Waals surface area contributed by atoms with Crippen LogP contribution in [0.4, 0.5) is 5.82 Å². The monoisotopic (exact) mass is 340 g/mol. The third-order valence-electron chi connectivity index (χ3n) is 4.30. The molecule has 6 heteroatoms. The molecule has 1 fully saturated rings. The highest BCUT2D eigenvalue weighted by Gasteiger charge is 2.22. The van der Waals surface area contributed by atoms with Gasteiger partial charge in [-0.25, -0.2) is 0 Å². The zero-order chi connectivity index (χ0) is 17.8. The van der Waals surface area contributed by atoms with Gasteiger partial charge < -0.3 is 14.5 Å². The Labute approximate surface area is 148 Å². The van der Waals surface area contributed by atoms with Gasteiger partial charge in [-0.05, 0) is 56.2 Å². The van der Waals surface area contributed by atoms with Crippen molar-refractivity contribution in [2.24, 2.45) is 0 Å². The zero-order valence-electron chi connectivity index (χ0n) is 15.0. The highest BCUT2D eigenvalue weighted by atomic mass is 16.5. The number of anilines is 1. The molecule has 1 aliphatic rings. The molecule has 0 aliphatic carbocycles. The van der Waals surface area contributed by atoms with Gasteiger partial charge in [-0.3, -0.25) is 4.79 Å². The summed E-state index contributed by atoms with van der Waals surface area (Å²) >= 11 is 0. The van der Waals surface area contributed by atoms with E-state index >= 15 is 0 Å². The number of piperazine rings is 1. The molecule has 25 heavy (non-hydrogen) atoms. The highest BCUT2D eigenvalue weighted by Crippen LogP contribution is 2.17. The minimum absolute atomic E-state index is 0.0220. The molecular formula is C19H24N4O2. The summed E-state index contributed by atoms with van der Waals surface area (Å²) in [5.74, 6) is 1.64. The molecule has 1 aromatic heterocycles. The van der Waals surface area contributed by atoms with Crippen LogP contribution in [0.15, 0.2) is 30.3 Å².